The summed E-state index contributed by atoms with van der Waals surface area (Å²) in [7, 11) is 0. The van der Waals surface area contributed by atoms with Crippen LogP contribution in [0, 0.1) is 0 Å². The Morgan fingerprint density at radius 3 is 1.44 bits per heavy atom. The Balaban J connectivity index is 0. The molecule has 16 heteroatoms. The molecule has 0 bridgehead atoms. The number of unbranched alkanes of at least 4 members (excludes halogenated alkanes) is 2. The summed E-state index contributed by atoms with van der Waals surface area (Å²) in [4.78, 5) is 84.8. The Morgan fingerprint density at radius 2 is 1.05 bits per heavy atom. The Morgan fingerprint density at radius 1 is 0.659 bits per heavy atom. The largest absolute Gasteiger partial charge is 0.480 e. The summed E-state index contributed by atoms with van der Waals surface area (Å²) in [6.45, 7) is 2.33. The van der Waals surface area contributed by atoms with Crippen molar-refractivity contribution in [2.45, 2.75) is 33.1 Å². The van der Waals surface area contributed by atoms with E-state index in [1.807, 2.05) is 13.8 Å². The van der Waals surface area contributed by atoms with Gasteiger partial charge in [0.05, 0.1) is 32.7 Å². The lowest BCUT2D eigenvalue weighted by Crippen LogP contribution is -2.47. The van der Waals surface area contributed by atoms with Crippen LogP contribution < -0.4 is 5.32 Å². The molecule has 0 unspecified atom stereocenters. The lowest BCUT2D eigenvalue weighted by molar-refractivity contribution is -0.143. The van der Waals surface area contributed by atoms with Gasteiger partial charge in [0.2, 0.25) is 5.91 Å². The number of imide groups is 1. The predicted octanol–water partition coefficient (Wildman–Crippen LogP) is -1.29. The maximum Gasteiger partial charge on any atom is 0.317 e. The van der Waals surface area contributed by atoms with Gasteiger partial charge in [0.25, 0.3) is 11.8 Å². The smallest absolute Gasteiger partial charge is 0.317 e. The Kier molecular flexibility index (Phi) is 18.9. The minimum Gasteiger partial charge on any atom is -0.480 e. The molecular formula is C25H43N5O11. The third-order valence-corrected chi connectivity index (χ3v) is 5.55. The first-order valence-corrected chi connectivity index (χ1v) is 13.2. The molecule has 0 aliphatic carbocycles. The molecule has 0 fully saturated rings. The molecule has 0 spiro atoms. The van der Waals surface area contributed by atoms with Crippen LogP contribution in [0.25, 0.3) is 0 Å². The number of carboxylic acid groups (broad SMARTS) is 4. The molecule has 1 heterocycles. The standard InChI is InChI=1S/C23H35N5O11.C2H6.H2/c29-17(24-6-2-1-3-7-28-18(30)4-5-19(28)31)12-25(8-10-26(13-20(32)33)14-21(34)35)9-11-27(15-22(36)37)16-23(38)39;1-2;/h4-5H,1-3,6-16H2,(H,24,29)(H,32,33)(H,34,35)(H,36,37)(H,38,39);1-2H3;1H. The van der Waals surface area contributed by atoms with Gasteiger partial charge in [0.1, 0.15) is 0 Å². The highest BCUT2D eigenvalue weighted by Crippen LogP contribution is 2.06. The highest BCUT2D eigenvalue weighted by molar-refractivity contribution is 6.12. The number of hydrogen-bond donors (Lipinski definition) is 5. The number of carboxylic acids is 4. The van der Waals surface area contributed by atoms with E-state index in [-0.39, 0.29) is 52.5 Å². The average molecular weight is 590 g/mol. The van der Waals surface area contributed by atoms with Gasteiger partial charge in [-0.2, -0.15) is 0 Å². The van der Waals surface area contributed by atoms with Crippen molar-refractivity contribution >= 4 is 41.6 Å². The zero-order chi connectivity index (χ0) is 31.4. The zero-order valence-corrected chi connectivity index (χ0v) is 23.5. The van der Waals surface area contributed by atoms with E-state index in [9.17, 15) is 33.6 Å². The molecule has 0 aromatic rings. The van der Waals surface area contributed by atoms with Crippen LogP contribution in [0.4, 0.5) is 0 Å². The van der Waals surface area contributed by atoms with Gasteiger partial charge in [-0.15, -0.1) is 0 Å². The SMILES string of the molecule is CC.O=C(O)CN(CCN(CCN(CC(=O)O)CC(=O)O)CC(=O)NCCCCCN1C(=O)C=CC1=O)CC(=O)O.[HH]. The fourth-order valence-electron chi connectivity index (χ4n) is 3.74. The van der Waals surface area contributed by atoms with E-state index in [2.05, 4.69) is 5.32 Å². The number of nitrogens with one attached hydrogen (secondary N) is 1. The van der Waals surface area contributed by atoms with Crippen molar-refractivity contribution in [3.8, 4) is 0 Å². The fourth-order valence-corrected chi connectivity index (χ4v) is 3.74. The highest BCUT2D eigenvalue weighted by atomic mass is 16.4. The Hall–Kier alpha value is -3.89. The number of aliphatic carboxylic acids is 4. The lowest BCUT2D eigenvalue weighted by atomic mass is 10.2. The first-order chi connectivity index (χ1) is 19.4. The van der Waals surface area contributed by atoms with Gasteiger partial charge >= 0.3 is 23.9 Å². The average Bonchev–Trinajstić information content (AvgIpc) is 3.19. The second kappa shape index (κ2) is 20.9. The summed E-state index contributed by atoms with van der Waals surface area (Å²) in [5, 5.41) is 38.8. The van der Waals surface area contributed by atoms with Gasteiger partial charge in [-0.1, -0.05) is 13.8 Å². The Labute approximate surface area is 239 Å². The van der Waals surface area contributed by atoms with Gasteiger partial charge in [-0.05, 0) is 19.3 Å². The van der Waals surface area contributed by atoms with Gasteiger partial charge in [0, 0.05) is 52.8 Å². The van der Waals surface area contributed by atoms with Crippen molar-refractivity contribution in [3.05, 3.63) is 12.2 Å². The topological polar surface area (TPSA) is 225 Å². The molecule has 0 radical (unpaired) electrons. The molecule has 5 N–H and O–H groups in total. The predicted molar refractivity (Wildman–Crippen MR) is 146 cm³/mol. The lowest BCUT2D eigenvalue weighted by Gasteiger charge is -2.28. The molecule has 0 saturated carbocycles. The summed E-state index contributed by atoms with van der Waals surface area (Å²) in [5.41, 5.74) is 0. The summed E-state index contributed by atoms with van der Waals surface area (Å²) in [6, 6.07) is 0. The maximum atomic E-state index is 12.5. The minimum atomic E-state index is -1.23. The van der Waals surface area contributed by atoms with Crippen LogP contribution >= 0.6 is 0 Å². The van der Waals surface area contributed by atoms with Crippen LogP contribution in [-0.4, -0.2) is 154 Å². The number of hydrogen-bond acceptors (Lipinski definition) is 10. The summed E-state index contributed by atoms with van der Waals surface area (Å²) >= 11 is 0. The zero-order valence-electron chi connectivity index (χ0n) is 23.5. The minimum absolute atomic E-state index is 0. The van der Waals surface area contributed by atoms with E-state index in [4.69, 9.17) is 20.4 Å². The molecule has 1 rings (SSSR count). The first kappa shape index (κ1) is 37.1. The number of carbonyl (C=O) groups is 7. The third-order valence-electron chi connectivity index (χ3n) is 5.55. The molecule has 41 heavy (non-hydrogen) atoms. The number of nitrogens with zero attached hydrogens (tertiary/aromatic N) is 4. The van der Waals surface area contributed by atoms with E-state index in [0.717, 1.165) is 14.7 Å². The van der Waals surface area contributed by atoms with Crippen molar-refractivity contribution in [1.82, 2.24) is 24.9 Å². The van der Waals surface area contributed by atoms with Gasteiger partial charge < -0.3 is 25.7 Å². The van der Waals surface area contributed by atoms with Crippen molar-refractivity contribution in [2.24, 2.45) is 0 Å². The Bertz CT molecular complexity index is 858. The number of carbonyl (C=O) groups excluding carboxylic acids is 3. The van der Waals surface area contributed by atoms with E-state index in [0.29, 0.717) is 25.8 Å². The molecule has 0 atom stereocenters. The normalized spacial score (nSPS) is 12.6. The monoisotopic (exact) mass is 589 g/mol. The summed E-state index contributed by atoms with van der Waals surface area (Å²) in [5.74, 6) is -6.04. The molecule has 0 saturated heterocycles. The van der Waals surface area contributed by atoms with Crippen molar-refractivity contribution < 1.29 is 55.4 Å². The summed E-state index contributed by atoms with van der Waals surface area (Å²) in [6.07, 6.45) is 4.19. The highest BCUT2D eigenvalue weighted by Gasteiger charge is 2.22. The van der Waals surface area contributed by atoms with Crippen LogP contribution in [-0.2, 0) is 33.6 Å². The molecular weight excluding hydrogens is 546 g/mol. The van der Waals surface area contributed by atoms with Crippen LogP contribution in [0.3, 0.4) is 0 Å². The van der Waals surface area contributed by atoms with E-state index < -0.39 is 56.0 Å². The van der Waals surface area contributed by atoms with Crippen LogP contribution in [0.5, 0.6) is 0 Å². The van der Waals surface area contributed by atoms with Crippen LogP contribution in [0.2, 0.25) is 0 Å². The molecule has 0 aromatic heterocycles. The second-order valence-electron chi connectivity index (χ2n) is 8.84. The van der Waals surface area contributed by atoms with Gasteiger partial charge in [-0.3, -0.25) is 53.2 Å². The molecule has 16 nitrogen and oxygen atoms in total. The van der Waals surface area contributed by atoms with Crippen LogP contribution in [0.1, 0.15) is 34.5 Å². The molecule has 0 aromatic carbocycles. The maximum absolute atomic E-state index is 12.5. The molecule has 3 amide bonds. The van der Waals surface area contributed by atoms with E-state index in [1.54, 1.807) is 4.90 Å². The van der Waals surface area contributed by atoms with Crippen LogP contribution in [0.15, 0.2) is 12.2 Å². The van der Waals surface area contributed by atoms with Crippen molar-refractivity contribution in [1.29, 1.82) is 0 Å². The van der Waals surface area contributed by atoms with Gasteiger partial charge in [-0.25, -0.2) is 0 Å². The quantitative estimate of drug-likeness (QED) is 0.0732. The fraction of sp³-hybridized carbons (Fsp3) is 0.640. The van der Waals surface area contributed by atoms with Crippen molar-refractivity contribution in [3.63, 3.8) is 0 Å². The van der Waals surface area contributed by atoms with Crippen molar-refractivity contribution in [2.75, 3.05) is 72.0 Å². The second-order valence-corrected chi connectivity index (χ2v) is 8.84. The number of amides is 3. The first-order valence-electron chi connectivity index (χ1n) is 13.2. The molecule has 1 aliphatic heterocycles. The van der Waals surface area contributed by atoms with E-state index >= 15 is 0 Å². The van der Waals surface area contributed by atoms with E-state index in [1.165, 1.54) is 12.2 Å². The van der Waals surface area contributed by atoms with Gasteiger partial charge in [0.15, 0.2) is 0 Å². The third kappa shape index (κ3) is 18.2. The number of rotatable bonds is 22. The molecule has 1 aliphatic rings. The summed E-state index contributed by atoms with van der Waals surface area (Å²) < 4.78 is 0. The molecule has 234 valence electrons.